The molecule has 2 N–H and O–H groups in total. The van der Waals surface area contributed by atoms with Gasteiger partial charge in [0.15, 0.2) is 5.82 Å². The second kappa shape index (κ2) is 4.89. The number of pyridine rings is 1. The Morgan fingerprint density at radius 3 is 3.00 bits per heavy atom. The molecule has 0 amide bonds. The summed E-state index contributed by atoms with van der Waals surface area (Å²) in [4.78, 5) is 4.33. The molecule has 7 heteroatoms. The van der Waals surface area contributed by atoms with E-state index in [-0.39, 0.29) is 0 Å². The Kier molecular flexibility index (Phi) is 2.93. The van der Waals surface area contributed by atoms with E-state index < -0.39 is 0 Å². The largest absolute Gasteiger partial charge is 0.496 e. The van der Waals surface area contributed by atoms with Crippen molar-refractivity contribution >= 4 is 16.6 Å². The molecule has 0 fully saturated rings. The zero-order valence-corrected chi connectivity index (χ0v) is 10.3. The van der Waals surface area contributed by atoms with Crippen molar-refractivity contribution in [3.8, 4) is 5.75 Å². The maximum Gasteiger partial charge on any atom is 0.193 e. The number of aromatic amines is 1. The number of ether oxygens (including phenoxy) is 1. The van der Waals surface area contributed by atoms with Crippen LogP contribution in [0.3, 0.4) is 0 Å². The number of fused-ring (bicyclic) bond motifs is 1. The summed E-state index contributed by atoms with van der Waals surface area (Å²) in [6.45, 7) is 0.458. The van der Waals surface area contributed by atoms with Gasteiger partial charge in [0.25, 0.3) is 0 Å². The molecule has 0 bridgehead atoms. The quantitative estimate of drug-likeness (QED) is 0.733. The molecular weight excluding hydrogens is 244 g/mol. The summed E-state index contributed by atoms with van der Waals surface area (Å²) in [6, 6.07) is 7.77. The Morgan fingerprint density at radius 2 is 2.21 bits per heavy atom. The normalized spacial score (nSPS) is 10.6. The van der Waals surface area contributed by atoms with Gasteiger partial charge >= 0.3 is 0 Å². The lowest BCUT2D eigenvalue weighted by Gasteiger charge is -2.09. The Bertz CT molecular complexity index is 682. The summed E-state index contributed by atoms with van der Waals surface area (Å²) in [7, 11) is 1.65. The highest BCUT2D eigenvalue weighted by Gasteiger charge is 2.07. The first-order valence-corrected chi connectivity index (χ1v) is 5.76. The fourth-order valence-corrected chi connectivity index (χ4v) is 1.92. The first-order valence-electron chi connectivity index (χ1n) is 5.76. The van der Waals surface area contributed by atoms with Gasteiger partial charge in [0.1, 0.15) is 11.6 Å². The van der Waals surface area contributed by atoms with Crippen LogP contribution in [0, 0.1) is 0 Å². The number of hydrogen-bond acceptors (Lipinski definition) is 6. The number of hydrogen-bond donors (Lipinski definition) is 2. The molecule has 0 saturated heterocycles. The van der Waals surface area contributed by atoms with Gasteiger partial charge in [-0.25, -0.2) is 4.98 Å². The number of nitrogens with zero attached hydrogens (tertiary/aromatic N) is 4. The number of nitrogens with one attached hydrogen (secondary N) is 2. The minimum Gasteiger partial charge on any atom is -0.496 e. The topological polar surface area (TPSA) is 88.6 Å². The van der Waals surface area contributed by atoms with Crippen molar-refractivity contribution in [2.45, 2.75) is 6.54 Å². The van der Waals surface area contributed by atoms with Crippen molar-refractivity contribution < 1.29 is 4.74 Å². The predicted molar refractivity (Wildman–Crippen MR) is 69.8 cm³/mol. The van der Waals surface area contributed by atoms with Crippen LogP contribution in [0.25, 0.3) is 10.8 Å². The fourth-order valence-electron chi connectivity index (χ4n) is 1.92. The second-order valence-corrected chi connectivity index (χ2v) is 3.90. The lowest BCUT2D eigenvalue weighted by Crippen LogP contribution is -2.03. The number of benzene rings is 1. The van der Waals surface area contributed by atoms with Crippen molar-refractivity contribution in [1.29, 1.82) is 0 Å². The first kappa shape index (κ1) is 11.4. The molecule has 7 nitrogen and oxygen atoms in total. The minimum atomic E-state index is 0.458. The summed E-state index contributed by atoms with van der Waals surface area (Å²) >= 11 is 0. The van der Waals surface area contributed by atoms with Crippen LogP contribution in [0.15, 0.2) is 30.5 Å². The van der Waals surface area contributed by atoms with E-state index in [1.54, 1.807) is 13.3 Å². The van der Waals surface area contributed by atoms with Crippen LogP contribution in [0.2, 0.25) is 0 Å². The molecule has 3 aromatic rings. The third kappa shape index (κ3) is 2.17. The average Bonchev–Trinajstić information content (AvgIpc) is 2.97. The maximum atomic E-state index is 5.34. The molecule has 0 aliphatic carbocycles. The molecule has 0 saturated carbocycles. The van der Waals surface area contributed by atoms with E-state index in [0.29, 0.717) is 12.4 Å². The van der Waals surface area contributed by atoms with E-state index in [1.165, 1.54) is 0 Å². The van der Waals surface area contributed by atoms with Crippen LogP contribution in [0.4, 0.5) is 5.82 Å². The Balaban J connectivity index is 1.95. The van der Waals surface area contributed by atoms with Crippen molar-refractivity contribution in [3.63, 3.8) is 0 Å². The molecule has 0 radical (unpaired) electrons. The fraction of sp³-hybridized carbons (Fsp3) is 0.167. The number of aromatic nitrogens is 5. The summed E-state index contributed by atoms with van der Waals surface area (Å²) < 4.78 is 5.34. The molecule has 0 atom stereocenters. The van der Waals surface area contributed by atoms with Crippen LogP contribution in [-0.4, -0.2) is 32.7 Å². The van der Waals surface area contributed by atoms with Gasteiger partial charge in [-0.1, -0.05) is 17.3 Å². The number of tetrazole rings is 1. The highest BCUT2D eigenvalue weighted by Crippen LogP contribution is 2.28. The summed E-state index contributed by atoms with van der Waals surface area (Å²) in [6.07, 6.45) is 1.74. The van der Waals surface area contributed by atoms with E-state index in [1.807, 2.05) is 24.3 Å². The van der Waals surface area contributed by atoms with Gasteiger partial charge in [0, 0.05) is 17.0 Å². The zero-order chi connectivity index (χ0) is 13.1. The molecule has 96 valence electrons. The monoisotopic (exact) mass is 256 g/mol. The molecule has 1 aromatic carbocycles. The maximum absolute atomic E-state index is 5.34. The van der Waals surface area contributed by atoms with E-state index in [9.17, 15) is 0 Å². The van der Waals surface area contributed by atoms with E-state index in [2.05, 4.69) is 30.9 Å². The van der Waals surface area contributed by atoms with Gasteiger partial charge in [-0.05, 0) is 12.1 Å². The van der Waals surface area contributed by atoms with Gasteiger partial charge in [-0.15, -0.1) is 10.2 Å². The molecule has 0 aliphatic rings. The first-order chi connectivity index (χ1) is 9.38. The molecule has 2 aromatic heterocycles. The van der Waals surface area contributed by atoms with Crippen molar-refractivity contribution in [3.05, 3.63) is 36.3 Å². The SMILES string of the molecule is COc1cccc2c(NCc3nn[nH]n3)nccc12. The van der Waals surface area contributed by atoms with E-state index in [4.69, 9.17) is 4.74 Å². The third-order valence-corrected chi connectivity index (χ3v) is 2.79. The molecule has 0 unspecified atom stereocenters. The van der Waals surface area contributed by atoms with Crippen molar-refractivity contribution in [2.75, 3.05) is 12.4 Å². The highest BCUT2D eigenvalue weighted by atomic mass is 16.5. The molecule has 2 heterocycles. The average molecular weight is 256 g/mol. The molecule has 19 heavy (non-hydrogen) atoms. The van der Waals surface area contributed by atoms with Crippen LogP contribution >= 0.6 is 0 Å². The highest BCUT2D eigenvalue weighted by molar-refractivity contribution is 5.95. The van der Waals surface area contributed by atoms with Crippen LogP contribution in [0.1, 0.15) is 5.82 Å². The van der Waals surface area contributed by atoms with E-state index in [0.717, 1.165) is 22.3 Å². The van der Waals surface area contributed by atoms with Crippen LogP contribution in [0.5, 0.6) is 5.75 Å². The Hall–Kier alpha value is -2.70. The number of rotatable bonds is 4. The van der Waals surface area contributed by atoms with Gasteiger partial charge in [0.2, 0.25) is 0 Å². The lowest BCUT2D eigenvalue weighted by molar-refractivity contribution is 0.420. The smallest absolute Gasteiger partial charge is 0.193 e. The summed E-state index contributed by atoms with van der Waals surface area (Å²) in [5.74, 6) is 2.17. The van der Waals surface area contributed by atoms with Crippen molar-refractivity contribution in [1.82, 2.24) is 25.6 Å². The lowest BCUT2D eigenvalue weighted by atomic mass is 10.1. The second-order valence-electron chi connectivity index (χ2n) is 3.90. The van der Waals surface area contributed by atoms with Crippen LogP contribution in [-0.2, 0) is 6.54 Å². The Morgan fingerprint density at radius 1 is 1.26 bits per heavy atom. The standard InChI is InChI=1S/C12H12N6O/c1-19-10-4-2-3-9-8(10)5-6-13-12(9)14-7-11-15-17-18-16-11/h2-6H,7H2,1H3,(H,13,14)(H,15,16,17,18). The third-order valence-electron chi connectivity index (χ3n) is 2.79. The van der Waals surface area contributed by atoms with Gasteiger partial charge < -0.3 is 10.1 Å². The molecule has 0 aliphatic heterocycles. The van der Waals surface area contributed by atoms with Crippen molar-refractivity contribution in [2.24, 2.45) is 0 Å². The minimum absolute atomic E-state index is 0.458. The molecular formula is C12H12N6O. The van der Waals surface area contributed by atoms with Gasteiger partial charge in [-0.2, -0.15) is 5.21 Å². The summed E-state index contributed by atoms with van der Waals surface area (Å²) in [5.41, 5.74) is 0. The predicted octanol–water partition coefficient (Wildman–Crippen LogP) is 1.37. The zero-order valence-electron chi connectivity index (χ0n) is 10.3. The van der Waals surface area contributed by atoms with Crippen LogP contribution < -0.4 is 10.1 Å². The van der Waals surface area contributed by atoms with E-state index >= 15 is 0 Å². The molecule has 0 spiro atoms. The number of H-pyrrole nitrogens is 1. The van der Waals surface area contributed by atoms with Gasteiger partial charge in [0.05, 0.1) is 13.7 Å². The number of anilines is 1. The summed E-state index contributed by atoms with van der Waals surface area (Å²) in [5, 5.41) is 18.9. The Labute approximate surface area is 109 Å². The number of methoxy groups -OCH3 is 1. The molecule has 3 rings (SSSR count). The van der Waals surface area contributed by atoms with Gasteiger partial charge in [-0.3, -0.25) is 0 Å².